The number of hydrogen-bond donors (Lipinski definition) is 1. The third-order valence-corrected chi connectivity index (χ3v) is 4.46. The number of carbonyl (C=O) groups is 1. The van der Waals surface area contributed by atoms with Gasteiger partial charge in [-0.25, -0.2) is 4.98 Å². The highest BCUT2D eigenvalue weighted by atomic mass is 32.1. The summed E-state index contributed by atoms with van der Waals surface area (Å²) in [6, 6.07) is 12.7. The summed E-state index contributed by atoms with van der Waals surface area (Å²) in [5, 5.41) is 5.91. The summed E-state index contributed by atoms with van der Waals surface area (Å²) in [5.41, 5.74) is 3.01. The van der Waals surface area contributed by atoms with Crippen molar-refractivity contribution < 1.29 is 14.3 Å². The average molecular weight is 354 g/mol. The Labute approximate surface area is 150 Å². The summed E-state index contributed by atoms with van der Waals surface area (Å²) in [4.78, 5) is 17.1. The van der Waals surface area contributed by atoms with Gasteiger partial charge in [-0.15, -0.1) is 11.3 Å². The van der Waals surface area contributed by atoms with Crippen LogP contribution in [0.25, 0.3) is 11.3 Å². The fourth-order valence-electron chi connectivity index (χ4n) is 2.44. The summed E-state index contributed by atoms with van der Waals surface area (Å²) in [6.45, 7) is 1.97. The number of rotatable bonds is 5. The molecular weight excluding hydrogens is 336 g/mol. The van der Waals surface area contributed by atoms with E-state index in [4.69, 9.17) is 9.47 Å². The Hall–Kier alpha value is -2.86. The summed E-state index contributed by atoms with van der Waals surface area (Å²) in [5.74, 6) is 0.851. The third-order valence-electron chi connectivity index (χ3n) is 3.69. The predicted molar refractivity (Wildman–Crippen MR) is 99.8 cm³/mol. The lowest BCUT2D eigenvalue weighted by molar-refractivity contribution is 0.102. The molecule has 0 bridgehead atoms. The molecule has 1 heterocycles. The zero-order chi connectivity index (χ0) is 17.8. The van der Waals surface area contributed by atoms with E-state index < -0.39 is 0 Å². The molecule has 0 aliphatic carbocycles. The maximum atomic E-state index is 12.6. The molecule has 3 rings (SSSR count). The molecule has 0 aliphatic rings. The number of hydrogen-bond acceptors (Lipinski definition) is 5. The highest BCUT2D eigenvalue weighted by Gasteiger charge is 2.14. The van der Waals surface area contributed by atoms with Crippen LogP contribution in [0.1, 0.15) is 15.4 Å². The molecule has 0 atom stereocenters. The molecule has 6 heteroatoms. The van der Waals surface area contributed by atoms with Gasteiger partial charge in [0.15, 0.2) is 0 Å². The Bertz CT molecular complexity index is 905. The standard InChI is InChI=1S/C19H18N2O3S/c1-12-20-17(11-25-12)13-5-4-6-14(9-13)21-19(22)16-8-7-15(23-2)10-18(16)24-3/h4-11H,1-3H3,(H,21,22). The van der Waals surface area contributed by atoms with E-state index in [0.717, 1.165) is 16.3 Å². The second-order valence-electron chi connectivity index (χ2n) is 5.35. The minimum Gasteiger partial charge on any atom is -0.497 e. The van der Waals surface area contributed by atoms with Gasteiger partial charge in [0, 0.05) is 22.7 Å². The van der Waals surface area contributed by atoms with E-state index in [9.17, 15) is 4.79 Å². The van der Waals surface area contributed by atoms with Crippen LogP contribution in [-0.4, -0.2) is 25.1 Å². The Morgan fingerprint density at radius 2 is 1.96 bits per heavy atom. The fraction of sp³-hybridized carbons (Fsp3) is 0.158. The molecule has 1 aromatic heterocycles. The van der Waals surface area contributed by atoms with Gasteiger partial charge in [0.2, 0.25) is 0 Å². The summed E-state index contributed by atoms with van der Waals surface area (Å²) < 4.78 is 10.5. The molecule has 2 aromatic carbocycles. The Morgan fingerprint density at radius 1 is 1.12 bits per heavy atom. The largest absolute Gasteiger partial charge is 0.497 e. The van der Waals surface area contributed by atoms with E-state index in [1.54, 1.807) is 36.6 Å². The molecule has 0 saturated carbocycles. The normalized spacial score (nSPS) is 10.4. The average Bonchev–Trinajstić information content (AvgIpc) is 3.07. The molecule has 0 unspecified atom stereocenters. The number of thiazole rings is 1. The van der Waals surface area contributed by atoms with Crippen molar-refractivity contribution in [3.05, 3.63) is 58.4 Å². The van der Waals surface area contributed by atoms with Crippen LogP contribution in [0.2, 0.25) is 0 Å². The van der Waals surface area contributed by atoms with Crippen LogP contribution in [0, 0.1) is 6.92 Å². The second kappa shape index (κ2) is 7.36. The Balaban J connectivity index is 1.84. The van der Waals surface area contributed by atoms with Crippen LogP contribution < -0.4 is 14.8 Å². The highest BCUT2D eigenvalue weighted by Crippen LogP contribution is 2.27. The number of nitrogens with zero attached hydrogens (tertiary/aromatic N) is 1. The van der Waals surface area contributed by atoms with Crippen LogP contribution in [0.15, 0.2) is 47.8 Å². The quantitative estimate of drug-likeness (QED) is 0.738. The van der Waals surface area contributed by atoms with Crippen molar-refractivity contribution in [2.75, 3.05) is 19.5 Å². The first-order valence-corrected chi connectivity index (χ1v) is 8.54. The number of anilines is 1. The molecule has 25 heavy (non-hydrogen) atoms. The van der Waals surface area contributed by atoms with Crippen molar-refractivity contribution in [2.24, 2.45) is 0 Å². The topological polar surface area (TPSA) is 60.5 Å². The number of aromatic nitrogens is 1. The van der Waals surface area contributed by atoms with E-state index in [2.05, 4.69) is 10.3 Å². The molecule has 0 fully saturated rings. The van der Waals surface area contributed by atoms with Crippen molar-refractivity contribution in [3.8, 4) is 22.8 Å². The monoisotopic (exact) mass is 354 g/mol. The number of amides is 1. The van der Waals surface area contributed by atoms with E-state index in [-0.39, 0.29) is 5.91 Å². The molecule has 5 nitrogen and oxygen atoms in total. The second-order valence-corrected chi connectivity index (χ2v) is 6.42. The molecule has 0 aliphatic heterocycles. The van der Waals surface area contributed by atoms with Crippen LogP contribution in [0.4, 0.5) is 5.69 Å². The van der Waals surface area contributed by atoms with Crippen molar-refractivity contribution in [2.45, 2.75) is 6.92 Å². The van der Waals surface area contributed by atoms with Gasteiger partial charge in [-0.05, 0) is 31.2 Å². The van der Waals surface area contributed by atoms with Crippen LogP contribution in [-0.2, 0) is 0 Å². The van der Waals surface area contributed by atoms with Crippen LogP contribution in [0.3, 0.4) is 0 Å². The maximum Gasteiger partial charge on any atom is 0.259 e. The van der Waals surface area contributed by atoms with Crippen LogP contribution in [0.5, 0.6) is 11.5 Å². The lowest BCUT2D eigenvalue weighted by Gasteiger charge is -2.11. The molecule has 1 amide bonds. The van der Waals surface area contributed by atoms with Crippen molar-refractivity contribution in [3.63, 3.8) is 0 Å². The van der Waals surface area contributed by atoms with E-state index in [0.29, 0.717) is 22.7 Å². The molecule has 0 saturated heterocycles. The maximum absolute atomic E-state index is 12.6. The van der Waals surface area contributed by atoms with Gasteiger partial charge in [-0.2, -0.15) is 0 Å². The minimum atomic E-state index is -0.244. The molecule has 128 valence electrons. The Morgan fingerprint density at radius 3 is 2.64 bits per heavy atom. The van der Waals surface area contributed by atoms with Gasteiger partial charge in [0.05, 0.1) is 30.5 Å². The Kier molecular flexibility index (Phi) is 5.00. The highest BCUT2D eigenvalue weighted by molar-refractivity contribution is 7.09. The molecular formula is C19H18N2O3S. The first-order valence-electron chi connectivity index (χ1n) is 7.66. The van der Waals surface area contributed by atoms with E-state index in [1.165, 1.54) is 7.11 Å². The lowest BCUT2D eigenvalue weighted by Crippen LogP contribution is -2.13. The van der Waals surface area contributed by atoms with Crippen molar-refractivity contribution in [1.29, 1.82) is 0 Å². The number of ether oxygens (including phenoxy) is 2. The first-order chi connectivity index (χ1) is 12.1. The third kappa shape index (κ3) is 3.80. The number of benzene rings is 2. The molecule has 0 spiro atoms. The van der Waals surface area contributed by atoms with Gasteiger partial charge >= 0.3 is 0 Å². The minimum absolute atomic E-state index is 0.244. The molecule has 1 N–H and O–H groups in total. The van der Waals surface area contributed by atoms with Gasteiger partial charge in [-0.1, -0.05) is 12.1 Å². The molecule has 3 aromatic rings. The summed E-state index contributed by atoms with van der Waals surface area (Å²) in [7, 11) is 3.09. The summed E-state index contributed by atoms with van der Waals surface area (Å²) in [6.07, 6.45) is 0. The predicted octanol–water partition coefficient (Wildman–Crippen LogP) is 4.39. The zero-order valence-electron chi connectivity index (χ0n) is 14.2. The van der Waals surface area contributed by atoms with Gasteiger partial charge in [0.25, 0.3) is 5.91 Å². The number of carbonyl (C=O) groups excluding carboxylic acids is 1. The van der Waals surface area contributed by atoms with Gasteiger partial charge in [0.1, 0.15) is 11.5 Å². The fourth-order valence-corrected chi connectivity index (χ4v) is 3.06. The summed E-state index contributed by atoms with van der Waals surface area (Å²) >= 11 is 1.60. The van der Waals surface area contributed by atoms with Gasteiger partial charge in [-0.3, -0.25) is 4.79 Å². The van der Waals surface area contributed by atoms with Crippen molar-refractivity contribution in [1.82, 2.24) is 4.98 Å². The van der Waals surface area contributed by atoms with E-state index in [1.807, 2.05) is 36.6 Å². The van der Waals surface area contributed by atoms with Crippen molar-refractivity contribution >= 4 is 22.9 Å². The lowest BCUT2D eigenvalue weighted by atomic mass is 10.1. The number of methoxy groups -OCH3 is 2. The smallest absolute Gasteiger partial charge is 0.259 e. The zero-order valence-corrected chi connectivity index (χ0v) is 15.0. The SMILES string of the molecule is COc1ccc(C(=O)Nc2cccc(-c3csc(C)n3)c2)c(OC)c1. The molecule has 0 radical (unpaired) electrons. The number of nitrogens with one attached hydrogen (secondary N) is 1. The first kappa shape index (κ1) is 17.0. The van der Waals surface area contributed by atoms with Gasteiger partial charge < -0.3 is 14.8 Å². The number of aryl methyl sites for hydroxylation is 1. The van der Waals surface area contributed by atoms with E-state index >= 15 is 0 Å². The van der Waals surface area contributed by atoms with Crippen LogP contribution >= 0.6 is 11.3 Å².